The summed E-state index contributed by atoms with van der Waals surface area (Å²) in [5.41, 5.74) is -0.115. The van der Waals surface area contributed by atoms with Gasteiger partial charge >= 0.3 is 0 Å². The van der Waals surface area contributed by atoms with E-state index in [0.29, 0.717) is 12.2 Å². The molecule has 0 aliphatic heterocycles. The normalized spacial score (nSPS) is 40.7. The number of rotatable bonds is 1. The van der Waals surface area contributed by atoms with Crippen LogP contribution in [0.5, 0.6) is 0 Å². The largest absolute Gasteiger partial charge is 0.396 e. The molecular formula is C8H14O2. The van der Waals surface area contributed by atoms with Crippen molar-refractivity contribution in [1.82, 2.24) is 0 Å². The average Bonchev–Trinajstić information content (AvgIpc) is 2.10. The zero-order valence-electron chi connectivity index (χ0n) is 6.55. The first-order valence-corrected chi connectivity index (χ1v) is 3.71. The van der Waals surface area contributed by atoms with E-state index in [4.69, 9.17) is 5.11 Å². The predicted molar refractivity (Wildman–Crippen MR) is 38.6 cm³/mol. The van der Waals surface area contributed by atoms with E-state index in [0.717, 1.165) is 6.42 Å². The fourth-order valence-corrected chi connectivity index (χ4v) is 1.64. The summed E-state index contributed by atoms with van der Waals surface area (Å²) >= 11 is 0. The van der Waals surface area contributed by atoms with Crippen molar-refractivity contribution in [2.24, 2.45) is 11.3 Å². The Morgan fingerprint density at radius 1 is 1.80 bits per heavy atom. The van der Waals surface area contributed by atoms with Crippen LogP contribution in [0.15, 0.2) is 0 Å². The van der Waals surface area contributed by atoms with Crippen molar-refractivity contribution in [3.05, 3.63) is 0 Å². The highest BCUT2D eigenvalue weighted by molar-refractivity contribution is 5.83. The molecule has 1 aliphatic carbocycles. The smallest absolute Gasteiger partial charge is 0.136 e. The molecule has 0 aromatic heterocycles. The van der Waals surface area contributed by atoms with E-state index in [1.54, 1.807) is 0 Å². The van der Waals surface area contributed by atoms with Crippen LogP contribution >= 0.6 is 0 Å². The van der Waals surface area contributed by atoms with Crippen LogP contribution in [0.3, 0.4) is 0 Å². The Morgan fingerprint density at radius 3 is 2.60 bits per heavy atom. The monoisotopic (exact) mass is 142 g/mol. The van der Waals surface area contributed by atoms with Crippen LogP contribution in [0.2, 0.25) is 0 Å². The van der Waals surface area contributed by atoms with Gasteiger partial charge in [0.15, 0.2) is 0 Å². The first-order valence-electron chi connectivity index (χ1n) is 3.71. The molecule has 10 heavy (non-hydrogen) atoms. The second-order valence-corrected chi connectivity index (χ2v) is 3.72. The topological polar surface area (TPSA) is 37.3 Å². The number of hydrogen-bond donors (Lipinski definition) is 1. The van der Waals surface area contributed by atoms with Gasteiger partial charge in [-0.15, -0.1) is 0 Å². The maximum absolute atomic E-state index is 11.0. The molecule has 1 saturated carbocycles. The van der Waals surface area contributed by atoms with E-state index in [9.17, 15) is 4.79 Å². The van der Waals surface area contributed by atoms with Gasteiger partial charge in [0.1, 0.15) is 5.78 Å². The Hall–Kier alpha value is -0.370. The highest BCUT2D eigenvalue weighted by Gasteiger charge is 2.38. The van der Waals surface area contributed by atoms with Crippen LogP contribution in [-0.2, 0) is 4.79 Å². The van der Waals surface area contributed by atoms with Crippen LogP contribution in [0, 0.1) is 11.3 Å². The van der Waals surface area contributed by atoms with Gasteiger partial charge in [-0.1, -0.05) is 13.8 Å². The van der Waals surface area contributed by atoms with Crippen LogP contribution in [-0.4, -0.2) is 17.5 Å². The Balaban J connectivity index is 2.64. The van der Waals surface area contributed by atoms with Gasteiger partial charge in [0.25, 0.3) is 0 Å². The second-order valence-electron chi connectivity index (χ2n) is 3.72. The third-order valence-electron chi connectivity index (χ3n) is 2.33. The summed E-state index contributed by atoms with van der Waals surface area (Å²) in [6, 6.07) is 0. The zero-order chi connectivity index (χ0) is 7.78. The van der Waals surface area contributed by atoms with E-state index in [-0.39, 0.29) is 17.9 Å². The standard InChI is InChI=1S/C8H14O2/c1-6-3-8(2,5-9)4-7(6)10/h6,9H,3-5H2,1-2H3/t6-,8-/m0/s1. The molecule has 0 heterocycles. The quantitative estimate of drug-likeness (QED) is 0.592. The summed E-state index contributed by atoms with van der Waals surface area (Å²) < 4.78 is 0. The molecule has 58 valence electrons. The molecule has 2 nitrogen and oxygen atoms in total. The number of carbonyl (C=O) groups is 1. The van der Waals surface area contributed by atoms with E-state index in [1.165, 1.54) is 0 Å². The lowest BCUT2D eigenvalue weighted by Gasteiger charge is -2.18. The van der Waals surface area contributed by atoms with Crippen LogP contribution in [0.1, 0.15) is 26.7 Å². The number of Topliss-reactive ketones (excluding diaryl/α,β-unsaturated/α-hetero) is 1. The molecule has 1 fully saturated rings. The Labute approximate surface area is 61.2 Å². The van der Waals surface area contributed by atoms with Crippen molar-refractivity contribution in [3.63, 3.8) is 0 Å². The van der Waals surface area contributed by atoms with E-state index in [2.05, 4.69) is 0 Å². The molecule has 2 heteroatoms. The SMILES string of the molecule is C[C@H]1C[C@](C)(CO)CC1=O. The Bertz CT molecular complexity index is 153. The second kappa shape index (κ2) is 2.35. The molecule has 0 unspecified atom stereocenters. The maximum Gasteiger partial charge on any atom is 0.136 e. The van der Waals surface area contributed by atoms with Crippen molar-refractivity contribution in [2.45, 2.75) is 26.7 Å². The first kappa shape index (κ1) is 7.73. The molecule has 2 atom stereocenters. The number of hydrogen-bond acceptors (Lipinski definition) is 2. The highest BCUT2D eigenvalue weighted by Crippen LogP contribution is 2.37. The van der Waals surface area contributed by atoms with E-state index < -0.39 is 0 Å². The van der Waals surface area contributed by atoms with Crippen LogP contribution in [0.25, 0.3) is 0 Å². The molecule has 0 aromatic carbocycles. The number of aliphatic hydroxyl groups excluding tert-OH is 1. The molecule has 0 spiro atoms. The van der Waals surface area contributed by atoms with E-state index >= 15 is 0 Å². The van der Waals surface area contributed by atoms with Crippen molar-refractivity contribution >= 4 is 5.78 Å². The van der Waals surface area contributed by atoms with Crippen LogP contribution < -0.4 is 0 Å². The fraction of sp³-hybridized carbons (Fsp3) is 0.875. The van der Waals surface area contributed by atoms with Gasteiger partial charge in [-0.3, -0.25) is 4.79 Å². The summed E-state index contributed by atoms with van der Waals surface area (Å²) in [6.07, 6.45) is 1.41. The van der Waals surface area contributed by atoms with Gasteiger partial charge in [0.05, 0.1) is 0 Å². The number of aliphatic hydroxyl groups is 1. The lowest BCUT2D eigenvalue weighted by atomic mass is 9.89. The molecule has 1 aliphatic rings. The van der Waals surface area contributed by atoms with Gasteiger partial charge in [0.2, 0.25) is 0 Å². The van der Waals surface area contributed by atoms with Gasteiger partial charge in [-0.25, -0.2) is 0 Å². The molecule has 0 saturated heterocycles. The molecule has 1 N–H and O–H groups in total. The van der Waals surface area contributed by atoms with Crippen molar-refractivity contribution < 1.29 is 9.90 Å². The maximum atomic E-state index is 11.0. The lowest BCUT2D eigenvalue weighted by molar-refractivity contribution is -0.120. The molecular weight excluding hydrogens is 128 g/mol. The average molecular weight is 142 g/mol. The molecule has 0 bridgehead atoms. The number of ketones is 1. The summed E-state index contributed by atoms with van der Waals surface area (Å²) in [6.45, 7) is 4.04. The van der Waals surface area contributed by atoms with Crippen molar-refractivity contribution in [2.75, 3.05) is 6.61 Å². The summed E-state index contributed by atoms with van der Waals surface area (Å²) in [7, 11) is 0. The van der Waals surface area contributed by atoms with Crippen molar-refractivity contribution in [3.8, 4) is 0 Å². The molecule has 0 amide bonds. The Morgan fingerprint density at radius 2 is 2.40 bits per heavy atom. The van der Waals surface area contributed by atoms with Gasteiger partial charge in [-0.2, -0.15) is 0 Å². The minimum absolute atomic E-state index is 0.115. The summed E-state index contributed by atoms with van der Waals surface area (Å²) in [5, 5.41) is 8.91. The zero-order valence-corrected chi connectivity index (χ0v) is 6.55. The summed E-state index contributed by atoms with van der Waals surface area (Å²) in [5.74, 6) is 0.466. The fourth-order valence-electron chi connectivity index (χ4n) is 1.64. The third-order valence-corrected chi connectivity index (χ3v) is 2.33. The highest BCUT2D eigenvalue weighted by atomic mass is 16.3. The lowest BCUT2D eigenvalue weighted by Crippen LogP contribution is -2.16. The molecule has 0 aromatic rings. The van der Waals surface area contributed by atoms with Crippen molar-refractivity contribution in [1.29, 1.82) is 0 Å². The minimum atomic E-state index is -0.115. The molecule has 0 radical (unpaired) electrons. The van der Waals surface area contributed by atoms with Gasteiger partial charge < -0.3 is 5.11 Å². The minimum Gasteiger partial charge on any atom is -0.396 e. The van der Waals surface area contributed by atoms with Gasteiger partial charge in [0, 0.05) is 18.9 Å². The number of carbonyl (C=O) groups excluding carboxylic acids is 1. The van der Waals surface area contributed by atoms with E-state index in [1.807, 2.05) is 13.8 Å². The van der Waals surface area contributed by atoms with Crippen LogP contribution in [0.4, 0.5) is 0 Å². The first-order chi connectivity index (χ1) is 4.57. The third kappa shape index (κ3) is 1.21. The molecule has 1 rings (SSSR count). The predicted octanol–water partition coefficient (Wildman–Crippen LogP) is 0.984. The summed E-state index contributed by atoms with van der Waals surface area (Å²) in [4.78, 5) is 11.0. The Kier molecular flexibility index (Phi) is 1.82. The van der Waals surface area contributed by atoms with Gasteiger partial charge in [-0.05, 0) is 11.8 Å².